The highest BCUT2D eigenvalue weighted by Crippen LogP contribution is 2.20. The number of rotatable bonds is 7. The van der Waals surface area contributed by atoms with Crippen LogP contribution in [0.1, 0.15) is 13.8 Å². The number of quaternary nitrogens is 1. The van der Waals surface area contributed by atoms with Crippen LogP contribution in [0, 0.1) is 0 Å². The van der Waals surface area contributed by atoms with Gasteiger partial charge in [0.1, 0.15) is 0 Å². The number of hydrogen-bond acceptors (Lipinski definition) is 2. The number of hydrogen-bond donors (Lipinski definition) is 2. The van der Waals surface area contributed by atoms with Gasteiger partial charge < -0.3 is 15.1 Å². The van der Waals surface area contributed by atoms with E-state index < -0.39 is 0 Å². The van der Waals surface area contributed by atoms with Crippen molar-refractivity contribution < 1.29 is 14.5 Å². The summed E-state index contributed by atoms with van der Waals surface area (Å²) >= 11 is 6.06. The molecule has 2 atom stereocenters. The van der Waals surface area contributed by atoms with Gasteiger partial charge in [0.2, 0.25) is 0 Å². The summed E-state index contributed by atoms with van der Waals surface area (Å²) in [7, 11) is 1.84. The second kappa shape index (κ2) is 9.36. The number of para-hydroxylation sites is 2. The first-order chi connectivity index (χ1) is 12.4. The largest absolute Gasteiger partial charge is 0.320 e. The molecule has 0 bridgehead atoms. The molecule has 0 aromatic heterocycles. The van der Waals surface area contributed by atoms with E-state index in [0.717, 1.165) is 10.6 Å². The Morgan fingerprint density at radius 2 is 1.73 bits per heavy atom. The van der Waals surface area contributed by atoms with Crippen molar-refractivity contribution in [3.8, 4) is 0 Å². The van der Waals surface area contributed by atoms with E-state index in [1.165, 1.54) is 0 Å². The van der Waals surface area contributed by atoms with Crippen molar-refractivity contribution in [2.45, 2.75) is 19.9 Å². The second-order valence-electron chi connectivity index (χ2n) is 6.19. The number of halogens is 1. The minimum absolute atomic E-state index is 0.0123. The van der Waals surface area contributed by atoms with E-state index >= 15 is 0 Å². The van der Waals surface area contributed by atoms with Gasteiger partial charge in [0.25, 0.3) is 11.8 Å². The van der Waals surface area contributed by atoms with Crippen LogP contribution in [-0.4, -0.2) is 38.0 Å². The van der Waals surface area contributed by atoms with Gasteiger partial charge in [-0.2, -0.15) is 0 Å². The number of likely N-dealkylation sites (N-methyl/N-ethyl adjacent to an activating group) is 2. The first kappa shape index (κ1) is 19.9. The fourth-order valence-corrected chi connectivity index (χ4v) is 2.86. The smallest absolute Gasteiger partial charge is 0.284 e. The van der Waals surface area contributed by atoms with Crippen LogP contribution < -0.4 is 15.1 Å². The zero-order valence-electron chi connectivity index (χ0n) is 15.3. The molecule has 0 aliphatic carbocycles. The fraction of sp³-hybridized carbons (Fsp3) is 0.300. The lowest BCUT2D eigenvalue weighted by molar-refractivity contribution is -0.885. The van der Waals surface area contributed by atoms with Gasteiger partial charge in [-0.3, -0.25) is 9.59 Å². The predicted octanol–water partition coefficient (Wildman–Crippen LogP) is 2.23. The van der Waals surface area contributed by atoms with Crippen LogP contribution in [-0.2, 0) is 9.59 Å². The lowest BCUT2D eigenvalue weighted by Crippen LogP contribution is -3.15. The SMILES string of the molecule is CCN(C(=O)[C@H](C)[NH+](C)CC(=O)Nc1ccccc1Cl)c1ccccc1. The lowest BCUT2D eigenvalue weighted by atomic mass is 10.2. The van der Waals surface area contributed by atoms with Crippen molar-refractivity contribution in [3.63, 3.8) is 0 Å². The van der Waals surface area contributed by atoms with Gasteiger partial charge in [-0.25, -0.2) is 0 Å². The van der Waals surface area contributed by atoms with E-state index in [2.05, 4.69) is 5.32 Å². The number of anilines is 2. The van der Waals surface area contributed by atoms with E-state index in [1.807, 2.05) is 57.3 Å². The molecule has 0 heterocycles. The van der Waals surface area contributed by atoms with Crippen molar-refractivity contribution in [3.05, 3.63) is 59.6 Å². The number of nitrogens with zero attached hydrogens (tertiary/aromatic N) is 1. The molecule has 0 radical (unpaired) electrons. The third kappa shape index (κ3) is 5.07. The average Bonchev–Trinajstić information content (AvgIpc) is 2.64. The average molecular weight is 375 g/mol. The zero-order valence-corrected chi connectivity index (χ0v) is 16.1. The van der Waals surface area contributed by atoms with E-state index in [9.17, 15) is 9.59 Å². The Morgan fingerprint density at radius 3 is 2.35 bits per heavy atom. The third-order valence-corrected chi connectivity index (χ3v) is 4.68. The lowest BCUT2D eigenvalue weighted by Gasteiger charge is -2.27. The molecule has 2 N–H and O–H groups in total. The van der Waals surface area contributed by atoms with Crippen LogP contribution in [0.25, 0.3) is 0 Å². The van der Waals surface area contributed by atoms with Crippen molar-refractivity contribution >= 4 is 34.8 Å². The van der Waals surface area contributed by atoms with Crippen LogP contribution in [0.5, 0.6) is 0 Å². The monoisotopic (exact) mass is 374 g/mol. The Bertz CT molecular complexity index is 752. The summed E-state index contributed by atoms with van der Waals surface area (Å²) in [6, 6.07) is 16.3. The van der Waals surface area contributed by atoms with E-state index in [1.54, 1.807) is 23.1 Å². The summed E-state index contributed by atoms with van der Waals surface area (Å²) in [5, 5.41) is 3.28. The Hall–Kier alpha value is -2.37. The van der Waals surface area contributed by atoms with Gasteiger partial charge in [0.15, 0.2) is 12.6 Å². The molecule has 26 heavy (non-hydrogen) atoms. The quantitative estimate of drug-likeness (QED) is 0.781. The maximum atomic E-state index is 12.9. The Balaban J connectivity index is 1.99. The summed E-state index contributed by atoms with van der Waals surface area (Å²) in [6.45, 7) is 4.53. The third-order valence-electron chi connectivity index (χ3n) is 4.35. The van der Waals surface area contributed by atoms with E-state index in [0.29, 0.717) is 17.3 Å². The normalized spacial score (nSPS) is 12.9. The molecule has 0 saturated heterocycles. The van der Waals surface area contributed by atoms with Gasteiger partial charge in [-0.05, 0) is 38.1 Å². The molecule has 0 aliphatic rings. The van der Waals surface area contributed by atoms with Crippen molar-refractivity contribution in [2.75, 3.05) is 30.4 Å². The summed E-state index contributed by atoms with van der Waals surface area (Å²) < 4.78 is 0. The molecule has 2 amide bonds. The summed E-state index contributed by atoms with van der Waals surface area (Å²) in [5.74, 6) is -0.195. The van der Waals surface area contributed by atoms with Crippen molar-refractivity contribution in [1.29, 1.82) is 0 Å². The summed E-state index contributed by atoms with van der Waals surface area (Å²) in [6.07, 6.45) is 0. The first-order valence-electron chi connectivity index (χ1n) is 8.67. The highest BCUT2D eigenvalue weighted by atomic mass is 35.5. The van der Waals surface area contributed by atoms with Gasteiger partial charge in [-0.15, -0.1) is 0 Å². The molecule has 5 nitrogen and oxygen atoms in total. The van der Waals surface area contributed by atoms with Gasteiger partial charge >= 0.3 is 0 Å². The first-order valence-corrected chi connectivity index (χ1v) is 9.05. The molecule has 138 valence electrons. The van der Waals surface area contributed by atoms with Gasteiger partial charge in [-0.1, -0.05) is 41.9 Å². The minimum Gasteiger partial charge on any atom is -0.320 e. The van der Waals surface area contributed by atoms with Crippen LogP contribution >= 0.6 is 11.6 Å². The Morgan fingerprint density at radius 1 is 1.12 bits per heavy atom. The number of carbonyl (C=O) groups excluding carboxylic acids is 2. The molecule has 0 spiro atoms. The highest BCUT2D eigenvalue weighted by molar-refractivity contribution is 6.33. The Labute approximate surface area is 159 Å². The maximum absolute atomic E-state index is 12.9. The number of amides is 2. The van der Waals surface area contributed by atoms with E-state index in [4.69, 9.17) is 11.6 Å². The number of benzene rings is 2. The van der Waals surface area contributed by atoms with Crippen molar-refractivity contribution in [1.82, 2.24) is 0 Å². The molecule has 6 heteroatoms. The summed E-state index contributed by atoms with van der Waals surface area (Å²) in [5.41, 5.74) is 1.44. The molecular weight excluding hydrogens is 350 g/mol. The van der Waals surface area contributed by atoms with Gasteiger partial charge in [0, 0.05) is 12.2 Å². The molecular formula is C20H25ClN3O2+. The standard InChI is InChI=1S/C20H24ClN3O2/c1-4-24(16-10-6-5-7-11-16)20(26)15(2)23(3)14-19(25)22-18-13-9-8-12-17(18)21/h5-13,15H,4,14H2,1-3H3,(H,22,25)/p+1/t15-/m0/s1. The van der Waals surface area contributed by atoms with Crippen LogP contribution in [0.4, 0.5) is 11.4 Å². The predicted molar refractivity (Wildman–Crippen MR) is 106 cm³/mol. The van der Waals surface area contributed by atoms with Gasteiger partial charge in [0.05, 0.1) is 17.8 Å². The zero-order chi connectivity index (χ0) is 19.1. The Kier molecular flexibility index (Phi) is 7.18. The van der Waals surface area contributed by atoms with Crippen LogP contribution in [0.2, 0.25) is 5.02 Å². The summed E-state index contributed by atoms with van der Waals surface area (Å²) in [4.78, 5) is 27.7. The molecule has 0 aliphatic heterocycles. The molecule has 2 aromatic carbocycles. The number of nitrogens with one attached hydrogen (secondary N) is 2. The minimum atomic E-state index is -0.354. The molecule has 0 saturated carbocycles. The fourth-order valence-electron chi connectivity index (χ4n) is 2.68. The topological polar surface area (TPSA) is 53.9 Å². The molecule has 2 rings (SSSR count). The molecule has 0 fully saturated rings. The van der Waals surface area contributed by atoms with E-state index in [-0.39, 0.29) is 24.4 Å². The van der Waals surface area contributed by atoms with Crippen LogP contribution in [0.3, 0.4) is 0 Å². The van der Waals surface area contributed by atoms with Crippen LogP contribution in [0.15, 0.2) is 54.6 Å². The molecule has 2 aromatic rings. The highest BCUT2D eigenvalue weighted by Gasteiger charge is 2.28. The second-order valence-corrected chi connectivity index (χ2v) is 6.60. The number of carbonyl (C=O) groups is 2. The molecule has 1 unspecified atom stereocenters. The maximum Gasteiger partial charge on any atom is 0.284 e. The van der Waals surface area contributed by atoms with Crippen molar-refractivity contribution in [2.24, 2.45) is 0 Å².